The molecule has 0 bridgehead atoms. The molecular formula is C13H20O2. The van der Waals surface area contributed by atoms with Gasteiger partial charge in [0.05, 0.1) is 7.11 Å². The Morgan fingerprint density at radius 2 is 1.67 bits per heavy atom. The molecule has 0 aliphatic rings. The smallest absolute Gasteiger partial charge is 0.125 e. The number of hydrogen-bond acceptors (Lipinski definition) is 2. The van der Waals surface area contributed by atoms with Crippen LogP contribution in [0.1, 0.15) is 31.9 Å². The average molecular weight is 208 g/mol. The van der Waals surface area contributed by atoms with Gasteiger partial charge in [-0.3, -0.25) is 0 Å². The van der Waals surface area contributed by atoms with Crippen molar-refractivity contribution in [1.82, 2.24) is 0 Å². The van der Waals surface area contributed by atoms with Crippen molar-refractivity contribution in [2.75, 3.05) is 7.11 Å². The maximum atomic E-state index is 5.80. The molecule has 0 atom stereocenters. The SMILES string of the molecule is COc1cc(OC(C)(C)C)cc(C)c1C. The summed E-state index contributed by atoms with van der Waals surface area (Å²) >= 11 is 0. The first kappa shape index (κ1) is 11.9. The van der Waals surface area contributed by atoms with Crippen molar-refractivity contribution in [3.8, 4) is 11.5 Å². The molecule has 1 rings (SSSR count). The Balaban J connectivity index is 3.06. The Kier molecular flexibility index (Phi) is 3.28. The first-order chi connectivity index (χ1) is 6.83. The number of ether oxygens (including phenoxy) is 2. The summed E-state index contributed by atoms with van der Waals surface area (Å²) in [6.45, 7) is 10.2. The average Bonchev–Trinajstić information content (AvgIpc) is 2.08. The highest BCUT2D eigenvalue weighted by Crippen LogP contribution is 2.29. The minimum atomic E-state index is -0.174. The van der Waals surface area contributed by atoms with Gasteiger partial charge in [-0.2, -0.15) is 0 Å². The standard InChI is InChI=1S/C13H20O2/c1-9-7-11(15-13(3,4)5)8-12(14-6)10(9)2/h7-8H,1-6H3. The molecule has 0 saturated heterocycles. The molecule has 15 heavy (non-hydrogen) atoms. The van der Waals surface area contributed by atoms with Crippen LogP contribution in [0.4, 0.5) is 0 Å². The molecule has 0 aliphatic carbocycles. The fraction of sp³-hybridized carbons (Fsp3) is 0.538. The molecule has 0 aromatic heterocycles. The van der Waals surface area contributed by atoms with E-state index in [1.54, 1.807) is 7.11 Å². The normalized spacial score (nSPS) is 11.3. The quantitative estimate of drug-likeness (QED) is 0.740. The van der Waals surface area contributed by atoms with Crippen molar-refractivity contribution < 1.29 is 9.47 Å². The van der Waals surface area contributed by atoms with Crippen molar-refractivity contribution in [2.24, 2.45) is 0 Å². The molecule has 1 aromatic carbocycles. The van der Waals surface area contributed by atoms with Crippen LogP contribution in [0, 0.1) is 13.8 Å². The molecule has 84 valence electrons. The molecule has 0 radical (unpaired) electrons. The maximum absolute atomic E-state index is 5.80. The van der Waals surface area contributed by atoms with Crippen molar-refractivity contribution >= 4 is 0 Å². The van der Waals surface area contributed by atoms with E-state index in [0.717, 1.165) is 11.5 Å². The van der Waals surface area contributed by atoms with Gasteiger partial charge in [-0.15, -0.1) is 0 Å². The Hall–Kier alpha value is -1.18. The second-order valence-electron chi connectivity index (χ2n) is 4.78. The maximum Gasteiger partial charge on any atom is 0.125 e. The second-order valence-corrected chi connectivity index (χ2v) is 4.78. The first-order valence-electron chi connectivity index (χ1n) is 5.18. The van der Waals surface area contributed by atoms with E-state index in [-0.39, 0.29) is 5.60 Å². The Morgan fingerprint density at radius 1 is 1.07 bits per heavy atom. The van der Waals surface area contributed by atoms with Crippen LogP contribution >= 0.6 is 0 Å². The van der Waals surface area contributed by atoms with Gasteiger partial charge in [0, 0.05) is 6.07 Å². The van der Waals surface area contributed by atoms with Gasteiger partial charge >= 0.3 is 0 Å². The molecule has 1 aromatic rings. The fourth-order valence-corrected chi connectivity index (χ4v) is 1.42. The second kappa shape index (κ2) is 4.13. The summed E-state index contributed by atoms with van der Waals surface area (Å²) in [4.78, 5) is 0. The van der Waals surface area contributed by atoms with Crippen LogP contribution in [0.25, 0.3) is 0 Å². The molecule has 0 fully saturated rings. The van der Waals surface area contributed by atoms with E-state index in [9.17, 15) is 0 Å². The third-order valence-electron chi connectivity index (χ3n) is 2.24. The number of hydrogen-bond donors (Lipinski definition) is 0. The zero-order valence-corrected chi connectivity index (χ0v) is 10.5. The van der Waals surface area contributed by atoms with Crippen LogP contribution in [0.15, 0.2) is 12.1 Å². The number of methoxy groups -OCH3 is 1. The van der Waals surface area contributed by atoms with Crippen LogP contribution in [-0.4, -0.2) is 12.7 Å². The summed E-state index contributed by atoms with van der Waals surface area (Å²) in [6.07, 6.45) is 0. The first-order valence-corrected chi connectivity index (χ1v) is 5.18. The lowest BCUT2D eigenvalue weighted by Crippen LogP contribution is -2.23. The molecule has 0 aliphatic heterocycles. The molecule has 2 nitrogen and oxygen atoms in total. The molecule has 0 saturated carbocycles. The van der Waals surface area contributed by atoms with Crippen LogP contribution in [0.5, 0.6) is 11.5 Å². The summed E-state index contributed by atoms with van der Waals surface area (Å²) < 4.78 is 11.1. The van der Waals surface area contributed by atoms with Gasteiger partial charge in [-0.05, 0) is 51.8 Å². The highest BCUT2D eigenvalue weighted by Gasteiger charge is 2.13. The monoisotopic (exact) mass is 208 g/mol. The number of aryl methyl sites for hydroxylation is 1. The third-order valence-corrected chi connectivity index (χ3v) is 2.24. The molecule has 0 N–H and O–H groups in total. The van der Waals surface area contributed by atoms with Crippen molar-refractivity contribution in [1.29, 1.82) is 0 Å². The zero-order valence-electron chi connectivity index (χ0n) is 10.5. The predicted molar refractivity (Wildman–Crippen MR) is 62.8 cm³/mol. The lowest BCUT2D eigenvalue weighted by molar-refractivity contribution is 0.130. The summed E-state index contributed by atoms with van der Waals surface area (Å²) in [5, 5.41) is 0. The van der Waals surface area contributed by atoms with Crippen molar-refractivity contribution in [3.05, 3.63) is 23.3 Å². The van der Waals surface area contributed by atoms with Crippen LogP contribution in [-0.2, 0) is 0 Å². The van der Waals surface area contributed by atoms with Crippen LogP contribution < -0.4 is 9.47 Å². The van der Waals surface area contributed by atoms with Gasteiger partial charge in [-0.1, -0.05) is 0 Å². The molecule has 0 unspecified atom stereocenters. The third kappa shape index (κ3) is 3.15. The minimum Gasteiger partial charge on any atom is -0.496 e. The molecular weight excluding hydrogens is 188 g/mol. The lowest BCUT2D eigenvalue weighted by Gasteiger charge is -2.22. The number of rotatable bonds is 2. The van der Waals surface area contributed by atoms with Gasteiger partial charge in [0.15, 0.2) is 0 Å². The Morgan fingerprint density at radius 3 is 2.13 bits per heavy atom. The van der Waals surface area contributed by atoms with Crippen LogP contribution in [0.2, 0.25) is 0 Å². The number of benzene rings is 1. The molecule has 0 amide bonds. The molecule has 2 heteroatoms. The van der Waals surface area contributed by atoms with E-state index < -0.39 is 0 Å². The summed E-state index contributed by atoms with van der Waals surface area (Å²) in [5.74, 6) is 1.75. The van der Waals surface area contributed by atoms with Crippen molar-refractivity contribution in [3.63, 3.8) is 0 Å². The fourth-order valence-electron chi connectivity index (χ4n) is 1.42. The van der Waals surface area contributed by atoms with Crippen molar-refractivity contribution in [2.45, 2.75) is 40.2 Å². The van der Waals surface area contributed by atoms with E-state index in [1.807, 2.05) is 32.9 Å². The van der Waals surface area contributed by atoms with E-state index in [0.29, 0.717) is 0 Å². The summed E-state index contributed by atoms with van der Waals surface area (Å²) in [6, 6.07) is 3.98. The van der Waals surface area contributed by atoms with E-state index >= 15 is 0 Å². The summed E-state index contributed by atoms with van der Waals surface area (Å²) in [5.41, 5.74) is 2.18. The Labute approximate surface area is 92.2 Å². The van der Waals surface area contributed by atoms with Gasteiger partial charge in [0.25, 0.3) is 0 Å². The Bertz CT molecular complexity index is 348. The topological polar surface area (TPSA) is 18.5 Å². The van der Waals surface area contributed by atoms with E-state index in [1.165, 1.54) is 11.1 Å². The minimum absolute atomic E-state index is 0.174. The molecule has 0 spiro atoms. The van der Waals surface area contributed by atoms with Gasteiger partial charge in [0.1, 0.15) is 17.1 Å². The van der Waals surface area contributed by atoms with Crippen LogP contribution in [0.3, 0.4) is 0 Å². The predicted octanol–water partition coefficient (Wildman–Crippen LogP) is 3.49. The van der Waals surface area contributed by atoms with E-state index in [4.69, 9.17) is 9.47 Å². The highest BCUT2D eigenvalue weighted by molar-refractivity contribution is 5.45. The zero-order chi connectivity index (χ0) is 11.6. The molecule has 0 heterocycles. The van der Waals surface area contributed by atoms with E-state index in [2.05, 4.69) is 13.8 Å². The van der Waals surface area contributed by atoms with Gasteiger partial charge in [-0.25, -0.2) is 0 Å². The van der Waals surface area contributed by atoms with Gasteiger partial charge in [0.2, 0.25) is 0 Å². The van der Waals surface area contributed by atoms with Gasteiger partial charge < -0.3 is 9.47 Å². The highest BCUT2D eigenvalue weighted by atomic mass is 16.5. The summed E-state index contributed by atoms with van der Waals surface area (Å²) in [7, 11) is 1.68. The largest absolute Gasteiger partial charge is 0.496 e. The lowest BCUT2D eigenvalue weighted by atomic mass is 10.1.